The molecule has 2 aliphatic rings. The van der Waals surface area contributed by atoms with Crippen LogP contribution in [-0.2, 0) is 0 Å². The molecule has 2 fully saturated rings. The number of hydrogen-bond donors (Lipinski definition) is 1. The molecule has 120 valence electrons. The molecule has 1 N–H and O–H groups in total. The second-order valence-electron chi connectivity index (χ2n) is 6.43. The maximum absolute atomic E-state index is 11.0. The van der Waals surface area contributed by atoms with Crippen molar-refractivity contribution in [2.24, 2.45) is 5.92 Å². The van der Waals surface area contributed by atoms with Crippen LogP contribution in [0.4, 0.5) is 17.1 Å². The second kappa shape index (κ2) is 6.52. The largest absolute Gasteiger partial charge is 0.383 e. The molecule has 1 saturated carbocycles. The van der Waals surface area contributed by atoms with E-state index >= 15 is 0 Å². The summed E-state index contributed by atoms with van der Waals surface area (Å²) < 4.78 is 0. The normalized spacial score (nSPS) is 19.8. The van der Waals surface area contributed by atoms with Gasteiger partial charge in [-0.2, -0.15) is 0 Å². The van der Waals surface area contributed by atoms with Gasteiger partial charge in [-0.3, -0.25) is 10.1 Å². The number of anilines is 2. The van der Waals surface area contributed by atoms with E-state index in [0.29, 0.717) is 0 Å². The summed E-state index contributed by atoms with van der Waals surface area (Å²) in [5.41, 5.74) is 2.16. The summed E-state index contributed by atoms with van der Waals surface area (Å²) in [7, 11) is 2.13. The van der Waals surface area contributed by atoms with Gasteiger partial charge in [0, 0.05) is 44.9 Å². The molecule has 1 saturated heterocycles. The lowest BCUT2D eigenvalue weighted by molar-refractivity contribution is -0.384. The maximum atomic E-state index is 11.0. The molecule has 0 unspecified atom stereocenters. The maximum Gasteiger partial charge on any atom is 0.271 e. The van der Waals surface area contributed by atoms with Gasteiger partial charge in [0.05, 0.1) is 16.3 Å². The van der Waals surface area contributed by atoms with Crippen LogP contribution < -0.4 is 10.2 Å². The molecule has 0 aromatic heterocycles. The van der Waals surface area contributed by atoms with Gasteiger partial charge in [-0.25, -0.2) is 0 Å². The van der Waals surface area contributed by atoms with Crippen molar-refractivity contribution in [3.63, 3.8) is 0 Å². The quantitative estimate of drug-likeness (QED) is 0.669. The zero-order chi connectivity index (χ0) is 15.5. The first-order chi connectivity index (χ1) is 10.6. The highest BCUT2D eigenvalue weighted by Gasteiger charge is 2.21. The Morgan fingerprint density at radius 2 is 2.00 bits per heavy atom. The van der Waals surface area contributed by atoms with Crippen molar-refractivity contribution in [1.29, 1.82) is 0 Å². The summed E-state index contributed by atoms with van der Waals surface area (Å²) in [4.78, 5) is 15.4. The summed E-state index contributed by atoms with van der Waals surface area (Å²) in [5.74, 6) is 0.722. The molecular formula is C16H24N4O2. The monoisotopic (exact) mass is 304 g/mol. The molecule has 3 rings (SSSR count). The fourth-order valence-electron chi connectivity index (χ4n) is 3.05. The number of nitrogens with zero attached hydrogens (tertiary/aromatic N) is 3. The predicted molar refractivity (Wildman–Crippen MR) is 88.6 cm³/mol. The fraction of sp³-hybridized carbons (Fsp3) is 0.625. The highest BCUT2D eigenvalue weighted by atomic mass is 16.6. The molecule has 0 amide bonds. The van der Waals surface area contributed by atoms with Crippen LogP contribution in [0, 0.1) is 16.0 Å². The Bertz CT molecular complexity index is 537. The minimum Gasteiger partial charge on any atom is -0.383 e. The van der Waals surface area contributed by atoms with Gasteiger partial charge in [-0.05, 0) is 31.9 Å². The van der Waals surface area contributed by atoms with Crippen molar-refractivity contribution in [1.82, 2.24) is 4.90 Å². The number of non-ortho nitro benzene ring substituents is 1. The third-order valence-corrected chi connectivity index (χ3v) is 4.84. The van der Waals surface area contributed by atoms with Gasteiger partial charge in [0.15, 0.2) is 0 Å². The van der Waals surface area contributed by atoms with Crippen LogP contribution in [0.5, 0.6) is 0 Å². The van der Waals surface area contributed by atoms with Crippen molar-refractivity contribution in [2.45, 2.75) is 19.3 Å². The molecule has 1 aromatic rings. The Hall–Kier alpha value is -1.82. The molecule has 1 aromatic carbocycles. The van der Waals surface area contributed by atoms with Crippen LogP contribution in [0.3, 0.4) is 0 Å². The van der Waals surface area contributed by atoms with Crippen LogP contribution in [-0.4, -0.2) is 49.6 Å². The molecule has 0 atom stereocenters. The Balaban J connectivity index is 1.78. The summed E-state index contributed by atoms with van der Waals surface area (Å²) in [6, 6.07) is 5.20. The van der Waals surface area contributed by atoms with Crippen LogP contribution in [0.1, 0.15) is 19.3 Å². The van der Waals surface area contributed by atoms with Gasteiger partial charge in [0.2, 0.25) is 0 Å². The minimum absolute atomic E-state index is 0.161. The molecular weight excluding hydrogens is 280 g/mol. The van der Waals surface area contributed by atoms with E-state index in [1.165, 1.54) is 19.3 Å². The SMILES string of the molecule is CN1CCN(c2ccc([N+](=O)[O-])cc2NCC2CCC2)CC1. The van der Waals surface area contributed by atoms with E-state index in [2.05, 4.69) is 22.2 Å². The Kier molecular flexibility index (Phi) is 4.47. The summed E-state index contributed by atoms with van der Waals surface area (Å²) in [5, 5.41) is 14.5. The predicted octanol–water partition coefficient (Wildman–Crippen LogP) is 2.56. The van der Waals surface area contributed by atoms with Gasteiger partial charge >= 0.3 is 0 Å². The minimum atomic E-state index is -0.317. The van der Waals surface area contributed by atoms with E-state index < -0.39 is 0 Å². The first-order valence-corrected chi connectivity index (χ1v) is 8.09. The molecule has 1 aliphatic carbocycles. The molecule has 0 spiro atoms. The number of hydrogen-bond acceptors (Lipinski definition) is 5. The molecule has 6 heteroatoms. The van der Waals surface area contributed by atoms with Crippen molar-refractivity contribution < 1.29 is 4.92 Å². The van der Waals surface area contributed by atoms with Crippen LogP contribution >= 0.6 is 0 Å². The lowest BCUT2D eigenvalue weighted by Gasteiger charge is -2.35. The average molecular weight is 304 g/mol. The molecule has 22 heavy (non-hydrogen) atoms. The summed E-state index contributed by atoms with van der Waals surface area (Å²) >= 11 is 0. The third kappa shape index (κ3) is 3.32. The van der Waals surface area contributed by atoms with Crippen molar-refractivity contribution in [3.8, 4) is 0 Å². The number of piperazine rings is 1. The molecule has 0 radical (unpaired) electrons. The number of rotatable bonds is 5. The van der Waals surface area contributed by atoms with Crippen LogP contribution in [0.15, 0.2) is 18.2 Å². The Morgan fingerprint density at radius 3 is 2.59 bits per heavy atom. The van der Waals surface area contributed by atoms with Crippen molar-refractivity contribution in [2.75, 3.05) is 50.0 Å². The van der Waals surface area contributed by atoms with E-state index in [9.17, 15) is 10.1 Å². The number of benzene rings is 1. The van der Waals surface area contributed by atoms with E-state index in [0.717, 1.165) is 50.0 Å². The van der Waals surface area contributed by atoms with Crippen molar-refractivity contribution in [3.05, 3.63) is 28.3 Å². The molecule has 0 bridgehead atoms. The lowest BCUT2D eigenvalue weighted by atomic mass is 9.85. The zero-order valence-corrected chi connectivity index (χ0v) is 13.1. The first kappa shape index (κ1) is 15.1. The van der Waals surface area contributed by atoms with Gasteiger partial charge < -0.3 is 15.1 Å². The Labute approximate surface area is 131 Å². The molecule has 6 nitrogen and oxygen atoms in total. The van der Waals surface area contributed by atoms with Gasteiger partial charge in [0.25, 0.3) is 5.69 Å². The van der Waals surface area contributed by atoms with E-state index in [1.807, 2.05) is 6.07 Å². The van der Waals surface area contributed by atoms with Crippen LogP contribution in [0.25, 0.3) is 0 Å². The van der Waals surface area contributed by atoms with E-state index in [-0.39, 0.29) is 10.6 Å². The number of nitro groups is 1. The highest BCUT2D eigenvalue weighted by molar-refractivity contribution is 5.73. The number of likely N-dealkylation sites (N-methyl/N-ethyl adjacent to an activating group) is 1. The highest BCUT2D eigenvalue weighted by Crippen LogP contribution is 2.33. The smallest absolute Gasteiger partial charge is 0.271 e. The molecule has 1 aliphatic heterocycles. The van der Waals surface area contributed by atoms with E-state index in [4.69, 9.17) is 0 Å². The standard InChI is InChI=1S/C16H24N4O2/c1-18-7-9-19(10-8-18)16-6-5-14(20(21)22)11-15(16)17-12-13-3-2-4-13/h5-6,11,13,17H,2-4,7-10,12H2,1H3. The Morgan fingerprint density at radius 1 is 1.27 bits per heavy atom. The van der Waals surface area contributed by atoms with Crippen molar-refractivity contribution >= 4 is 17.1 Å². The fourth-order valence-corrected chi connectivity index (χ4v) is 3.05. The number of nitro benzene ring substituents is 1. The lowest BCUT2D eigenvalue weighted by Crippen LogP contribution is -2.44. The van der Waals surface area contributed by atoms with Gasteiger partial charge in [-0.1, -0.05) is 6.42 Å². The second-order valence-corrected chi connectivity index (χ2v) is 6.43. The van der Waals surface area contributed by atoms with Gasteiger partial charge in [0.1, 0.15) is 0 Å². The topological polar surface area (TPSA) is 61.7 Å². The summed E-state index contributed by atoms with van der Waals surface area (Å²) in [6.07, 6.45) is 3.85. The molecule has 1 heterocycles. The number of nitrogens with one attached hydrogen (secondary N) is 1. The zero-order valence-electron chi connectivity index (χ0n) is 13.1. The van der Waals surface area contributed by atoms with Gasteiger partial charge in [-0.15, -0.1) is 0 Å². The van der Waals surface area contributed by atoms with Crippen LogP contribution in [0.2, 0.25) is 0 Å². The van der Waals surface area contributed by atoms with E-state index in [1.54, 1.807) is 12.1 Å². The third-order valence-electron chi connectivity index (χ3n) is 4.84. The summed E-state index contributed by atoms with van der Waals surface area (Å²) in [6.45, 7) is 4.90. The average Bonchev–Trinajstić information content (AvgIpc) is 2.46. The first-order valence-electron chi connectivity index (χ1n) is 8.09.